The Morgan fingerprint density at radius 3 is 2.52 bits per heavy atom. The SMILES string of the molecule is Cc1cc(C(=O)Nc2cccc(C)c2C#N)ccc1NN. The van der Waals surface area contributed by atoms with E-state index in [1.165, 1.54) is 0 Å². The number of hydrazine groups is 1. The zero-order valence-electron chi connectivity index (χ0n) is 11.9. The molecule has 21 heavy (non-hydrogen) atoms. The van der Waals surface area contributed by atoms with Crippen molar-refractivity contribution in [2.75, 3.05) is 10.7 Å². The minimum absolute atomic E-state index is 0.260. The van der Waals surface area contributed by atoms with Gasteiger partial charge in [-0.1, -0.05) is 12.1 Å². The number of nitrogen functional groups attached to an aromatic ring is 1. The summed E-state index contributed by atoms with van der Waals surface area (Å²) < 4.78 is 0. The number of anilines is 2. The number of nitrogens with zero attached hydrogens (tertiary/aromatic N) is 1. The summed E-state index contributed by atoms with van der Waals surface area (Å²) in [7, 11) is 0. The van der Waals surface area contributed by atoms with Crippen LogP contribution >= 0.6 is 0 Å². The first-order chi connectivity index (χ1) is 10.1. The maximum atomic E-state index is 12.3. The molecule has 0 atom stereocenters. The number of hydrogen-bond donors (Lipinski definition) is 3. The summed E-state index contributed by atoms with van der Waals surface area (Å²) >= 11 is 0. The highest BCUT2D eigenvalue weighted by molar-refractivity contribution is 6.05. The number of benzene rings is 2. The normalized spacial score (nSPS) is 9.81. The molecule has 0 spiro atoms. The van der Waals surface area contributed by atoms with E-state index >= 15 is 0 Å². The lowest BCUT2D eigenvalue weighted by molar-refractivity contribution is 0.102. The van der Waals surface area contributed by atoms with E-state index in [2.05, 4.69) is 16.8 Å². The van der Waals surface area contributed by atoms with Gasteiger partial charge in [0.25, 0.3) is 5.91 Å². The van der Waals surface area contributed by atoms with Gasteiger partial charge < -0.3 is 10.7 Å². The minimum atomic E-state index is -0.260. The Labute approximate surface area is 123 Å². The molecule has 0 aliphatic rings. The lowest BCUT2D eigenvalue weighted by Gasteiger charge is -2.10. The number of nitrogens with one attached hydrogen (secondary N) is 2. The van der Waals surface area contributed by atoms with Gasteiger partial charge >= 0.3 is 0 Å². The Kier molecular flexibility index (Phi) is 4.21. The summed E-state index contributed by atoms with van der Waals surface area (Å²) in [6, 6.07) is 12.6. The first-order valence-electron chi connectivity index (χ1n) is 6.45. The fourth-order valence-electron chi connectivity index (χ4n) is 2.08. The van der Waals surface area contributed by atoms with Crippen molar-refractivity contribution >= 4 is 17.3 Å². The van der Waals surface area contributed by atoms with Crippen LogP contribution in [-0.2, 0) is 0 Å². The van der Waals surface area contributed by atoms with Crippen LogP contribution in [0.2, 0.25) is 0 Å². The van der Waals surface area contributed by atoms with E-state index in [0.717, 1.165) is 16.8 Å². The summed E-state index contributed by atoms with van der Waals surface area (Å²) in [5.41, 5.74) is 6.52. The predicted molar refractivity (Wildman–Crippen MR) is 82.8 cm³/mol. The molecule has 0 saturated carbocycles. The van der Waals surface area contributed by atoms with Crippen molar-refractivity contribution in [1.29, 1.82) is 5.26 Å². The third-order valence-corrected chi connectivity index (χ3v) is 3.28. The molecule has 4 N–H and O–H groups in total. The summed E-state index contributed by atoms with van der Waals surface area (Å²) in [5, 5.41) is 11.9. The third kappa shape index (κ3) is 3.02. The molecule has 2 aromatic rings. The number of carbonyl (C=O) groups is 1. The molecule has 106 valence electrons. The van der Waals surface area contributed by atoms with Crippen LogP contribution in [0.5, 0.6) is 0 Å². The van der Waals surface area contributed by atoms with Gasteiger partial charge in [0, 0.05) is 5.56 Å². The number of nitrogens with two attached hydrogens (primary N) is 1. The van der Waals surface area contributed by atoms with E-state index in [-0.39, 0.29) is 5.91 Å². The van der Waals surface area contributed by atoms with Crippen LogP contribution in [-0.4, -0.2) is 5.91 Å². The highest BCUT2D eigenvalue weighted by Crippen LogP contribution is 2.20. The average molecular weight is 280 g/mol. The molecule has 0 saturated heterocycles. The largest absolute Gasteiger partial charge is 0.324 e. The van der Waals surface area contributed by atoms with Crippen LogP contribution in [0.4, 0.5) is 11.4 Å². The second kappa shape index (κ2) is 6.07. The zero-order valence-corrected chi connectivity index (χ0v) is 11.9. The lowest BCUT2D eigenvalue weighted by atomic mass is 10.1. The summed E-state index contributed by atoms with van der Waals surface area (Å²) in [4.78, 5) is 12.3. The van der Waals surface area contributed by atoms with E-state index in [1.54, 1.807) is 30.3 Å². The molecule has 0 bridgehead atoms. The smallest absolute Gasteiger partial charge is 0.255 e. The molecule has 0 aliphatic heterocycles. The molecule has 0 radical (unpaired) electrons. The standard InChI is InChI=1S/C16H16N4O/c1-10-4-3-5-15(13(10)9-17)19-16(21)12-6-7-14(20-18)11(2)8-12/h3-8,20H,18H2,1-2H3,(H,19,21). The number of carbonyl (C=O) groups excluding carboxylic acids is 1. The number of amides is 1. The molecule has 0 fully saturated rings. The van der Waals surface area contributed by atoms with Gasteiger partial charge in [0.1, 0.15) is 6.07 Å². The number of rotatable bonds is 3. The van der Waals surface area contributed by atoms with Gasteiger partial charge in [0.15, 0.2) is 0 Å². The van der Waals surface area contributed by atoms with Crippen LogP contribution in [0, 0.1) is 25.2 Å². The number of aryl methyl sites for hydroxylation is 2. The van der Waals surface area contributed by atoms with Crippen LogP contribution in [0.15, 0.2) is 36.4 Å². The van der Waals surface area contributed by atoms with Crippen molar-refractivity contribution in [2.24, 2.45) is 5.84 Å². The van der Waals surface area contributed by atoms with Crippen molar-refractivity contribution in [1.82, 2.24) is 0 Å². The summed E-state index contributed by atoms with van der Waals surface area (Å²) in [5.74, 6) is 5.11. The Balaban J connectivity index is 2.29. The maximum absolute atomic E-state index is 12.3. The van der Waals surface area contributed by atoms with Crippen LogP contribution in [0.25, 0.3) is 0 Å². The van der Waals surface area contributed by atoms with Crippen molar-refractivity contribution in [3.8, 4) is 6.07 Å². The summed E-state index contributed by atoms with van der Waals surface area (Å²) in [6.45, 7) is 3.69. The van der Waals surface area contributed by atoms with E-state index in [4.69, 9.17) is 5.84 Å². The first kappa shape index (κ1) is 14.6. The average Bonchev–Trinajstić information content (AvgIpc) is 2.47. The van der Waals surface area contributed by atoms with E-state index in [1.807, 2.05) is 19.9 Å². The van der Waals surface area contributed by atoms with E-state index in [9.17, 15) is 10.1 Å². The molecule has 2 aromatic carbocycles. The zero-order chi connectivity index (χ0) is 15.4. The number of hydrogen-bond acceptors (Lipinski definition) is 4. The van der Waals surface area contributed by atoms with Gasteiger partial charge in [-0.25, -0.2) is 0 Å². The molecular weight excluding hydrogens is 264 g/mol. The van der Waals surface area contributed by atoms with E-state index in [0.29, 0.717) is 16.8 Å². The number of nitriles is 1. The van der Waals surface area contributed by atoms with Gasteiger partial charge in [-0.3, -0.25) is 10.6 Å². The predicted octanol–water partition coefficient (Wildman–Crippen LogP) is 2.71. The Bertz CT molecular complexity index is 732. The molecular formula is C16H16N4O. The van der Waals surface area contributed by atoms with Crippen LogP contribution in [0.3, 0.4) is 0 Å². The monoisotopic (exact) mass is 280 g/mol. The molecule has 1 amide bonds. The molecule has 5 heteroatoms. The van der Waals surface area contributed by atoms with Gasteiger partial charge in [0.05, 0.1) is 16.9 Å². The fourth-order valence-corrected chi connectivity index (χ4v) is 2.08. The van der Waals surface area contributed by atoms with Gasteiger partial charge in [-0.15, -0.1) is 0 Å². The van der Waals surface area contributed by atoms with Crippen molar-refractivity contribution in [3.05, 3.63) is 58.7 Å². The summed E-state index contributed by atoms with van der Waals surface area (Å²) in [6.07, 6.45) is 0. The topological polar surface area (TPSA) is 90.9 Å². The van der Waals surface area contributed by atoms with Gasteiger partial charge in [-0.05, 0) is 49.2 Å². The Morgan fingerprint density at radius 1 is 1.14 bits per heavy atom. The second-order valence-corrected chi connectivity index (χ2v) is 4.74. The quantitative estimate of drug-likeness (QED) is 0.595. The second-order valence-electron chi connectivity index (χ2n) is 4.74. The first-order valence-corrected chi connectivity index (χ1v) is 6.45. The van der Waals surface area contributed by atoms with Crippen LogP contribution < -0.4 is 16.6 Å². The van der Waals surface area contributed by atoms with Gasteiger partial charge in [0.2, 0.25) is 0 Å². The highest BCUT2D eigenvalue weighted by atomic mass is 16.1. The fraction of sp³-hybridized carbons (Fsp3) is 0.125. The van der Waals surface area contributed by atoms with Crippen molar-refractivity contribution in [3.63, 3.8) is 0 Å². The molecule has 0 unspecified atom stereocenters. The van der Waals surface area contributed by atoms with Crippen molar-refractivity contribution in [2.45, 2.75) is 13.8 Å². The molecule has 2 rings (SSSR count). The maximum Gasteiger partial charge on any atom is 0.255 e. The Hall–Kier alpha value is -2.84. The Morgan fingerprint density at radius 2 is 1.90 bits per heavy atom. The molecule has 0 heterocycles. The van der Waals surface area contributed by atoms with Crippen LogP contribution in [0.1, 0.15) is 27.0 Å². The molecule has 0 aromatic heterocycles. The third-order valence-electron chi connectivity index (χ3n) is 3.28. The molecule has 5 nitrogen and oxygen atoms in total. The lowest BCUT2D eigenvalue weighted by Crippen LogP contribution is -2.14. The van der Waals surface area contributed by atoms with Gasteiger partial charge in [-0.2, -0.15) is 5.26 Å². The highest BCUT2D eigenvalue weighted by Gasteiger charge is 2.11. The molecule has 0 aliphatic carbocycles. The van der Waals surface area contributed by atoms with Crippen molar-refractivity contribution < 1.29 is 4.79 Å². The van der Waals surface area contributed by atoms with E-state index < -0.39 is 0 Å². The minimum Gasteiger partial charge on any atom is -0.324 e.